The third kappa shape index (κ3) is 5.85. The molecule has 19 heavy (non-hydrogen) atoms. The Morgan fingerprint density at radius 1 is 1.26 bits per heavy atom. The fraction of sp³-hybridized carbons (Fsp3) is 0.429. The Morgan fingerprint density at radius 2 is 1.89 bits per heavy atom. The lowest BCUT2D eigenvalue weighted by Crippen LogP contribution is -2.34. The summed E-state index contributed by atoms with van der Waals surface area (Å²) in [5.74, 6) is -0.148. The van der Waals surface area contributed by atoms with Crippen molar-refractivity contribution >= 4 is 23.3 Å². The van der Waals surface area contributed by atoms with Crippen LogP contribution >= 0.6 is 11.6 Å². The number of aliphatic hydroxyl groups is 1. The van der Waals surface area contributed by atoms with Crippen molar-refractivity contribution in [1.82, 2.24) is 5.32 Å². The largest absolute Gasteiger partial charge is 0.394 e. The maximum Gasteiger partial charge on any atom is 0.220 e. The fourth-order valence-electron chi connectivity index (χ4n) is 1.58. The van der Waals surface area contributed by atoms with Crippen LogP contribution in [0.2, 0.25) is 5.02 Å². The van der Waals surface area contributed by atoms with E-state index in [1.807, 2.05) is 0 Å². The summed E-state index contributed by atoms with van der Waals surface area (Å²) >= 11 is 5.74. The molecule has 0 aliphatic carbocycles. The van der Waals surface area contributed by atoms with Crippen molar-refractivity contribution in [2.45, 2.75) is 32.2 Å². The molecule has 0 radical (unpaired) electrons. The molecule has 1 unspecified atom stereocenters. The van der Waals surface area contributed by atoms with Crippen LogP contribution in [0.25, 0.3) is 0 Å². The highest BCUT2D eigenvalue weighted by molar-refractivity contribution is 6.30. The lowest BCUT2D eigenvalue weighted by Gasteiger charge is -2.10. The summed E-state index contributed by atoms with van der Waals surface area (Å²) in [6.07, 6.45) is 1.09. The number of hydrogen-bond acceptors (Lipinski definition) is 3. The molecule has 2 N–H and O–H groups in total. The van der Waals surface area contributed by atoms with E-state index in [9.17, 15) is 9.59 Å². The monoisotopic (exact) mass is 283 g/mol. The first-order valence-electron chi connectivity index (χ1n) is 6.22. The fourth-order valence-corrected chi connectivity index (χ4v) is 1.71. The maximum absolute atomic E-state index is 11.8. The predicted octanol–water partition coefficient (Wildman–Crippen LogP) is 2.19. The molecule has 0 aromatic heterocycles. The van der Waals surface area contributed by atoms with E-state index in [0.717, 1.165) is 0 Å². The molecule has 4 nitrogen and oxygen atoms in total. The number of carbonyl (C=O) groups excluding carboxylic acids is 2. The Balaban J connectivity index is 2.31. The van der Waals surface area contributed by atoms with E-state index in [1.54, 1.807) is 31.2 Å². The van der Waals surface area contributed by atoms with Crippen molar-refractivity contribution in [3.63, 3.8) is 0 Å². The molecule has 0 fully saturated rings. The number of Topliss-reactive ketones (excluding diaryl/α,β-unsaturated/α-hetero) is 1. The van der Waals surface area contributed by atoms with Gasteiger partial charge in [-0.05, 0) is 37.6 Å². The molecule has 104 valence electrons. The summed E-state index contributed by atoms with van der Waals surface area (Å²) in [6, 6.07) is 6.45. The van der Waals surface area contributed by atoms with Crippen LogP contribution < -0.4 is 5.32 Å². The minimum absolute atomic E-state index is 0.000302. The third-order valence-corrected chi connectivity index (χ3v) is 2.91. The van der Waals surface area contributed by atoms with Crippen LogP contribution in [0.1, 0.15) is 36.5 Å². The van der Waals surface area contributed by atoms with Crippen molar-refractivity contribution in [2.24, 2.45) is 0 Å². The van der Waals surface area contributed by atoms with Gasteiger partial charge in [-0.3, -0.25) is 9.59 Å². The third-order valence-electron chi connectivity index (χ3n) is 2.66. The van der Waals surface area contributed by atoms with Crippen LogP contribution in [-0.2, 0) is 4.79 Å². The molecule has 0 aliphatic heterocycles. The zero-order chi connectivity index (χ0) is 14.3. The first-order chi connectivity index (χ1) is 9.02. The van der Waals surface area contributed by atoms with Gasteiger partial charge in [0.05, 0.1) is 6.61 Å². The molecule has 5 heteroatoms. The Morgan fingerprint density at radius 3 is 2.47 bits per heavy atom. The van der Waals surface area contributed by atoms with Crippen LogP contribution in [0.15, 0.2) is 24.3 Å². The van der Waals surface area contributed by atoms with E-state index >= 15 is 0 Å². The molecule has 0 saturated carbocycles. The van der Waals surface area contributed by atoms with Gasteiger partial charge in [-0.2, -0.15) is 0 Å². The van der Waals surface area contributed by atoms with Gasteiger partial charge in [-0.25, -0.2) is 0 Å². The summed E-state index contributed by atoms with van der Waals surface area (Å²) in [5, 5.41) is 12.0. The van der Waals surface area contributed by atoms with Gasteiger partial charge >= 0.3 is 0 Å². The van der Waals surface area contributed by atoms with E-state index in [0.29, 0.717) is 23.4 Å². The molecule has 1 atom stereocenters. The standard InChI is InChI=1S/C14H18ClNO3/c1-10(9-17)16-14(19)4-2-3-13(18)11-5-7-12(15)8-6-11/h5-8,10,17H,2-4,9H2,1H3,(H,16,19). The molecule has 0 aliphatic rings. The number of aliphatic hydroxyl groups excluding tert-OH is 1. The van der Waals surface area contributed by atoms with Crippen LogP contribution in [0.4, 0.5) is 0 Å². The van der Waals surface area contributed by atoms with Crippen molar-refractivity contribution < 1.29 is 14.7 Å². The van der Waals surface area contributed by atoms with Gasteiger partial charge in [0.1, 0.15) is 0 Å². The smallest absolute Gasteiger partial charge is 0.220 e. The molecular formula is C14H18ClNO3. The molecule has 1 aromatic carbocycles. The zero-order valence-electron chi connectivity index (χ0n) is 10.9. The number of rotatable bonds is 7. The van der Waals surface area contributed by atoms with E-state index in [-0.39, 0.29) is 30.8 Å². The molecule has 0 spiro atoms. The lowest BCUT2D eigenvalue weighted by molar-refractivity contribution is -0.122. The zero-order valence-corrected chi connectivity index (χ0v) is 11.6. The number of amides is 1. The number of halogens is 1. The molecule has 0 bridgehead atoms. The lowest BCUT2D eigenvalue weighted by atomic mass is 10.1. The van der Waals surface area contributed by atoms with E-state index in [4.69, 9.17) is 16.7 Å². The highest BCUT2D eigenvalue weighted by atomic mass is 35.5. The van der Waals surface area contributed by atoms with Gasteiger partial charge in [0.2, 0.25) is 5.91 Å². The molecular weight excluding hydrogens is 266 g/mol. The van der Waals surface area contributed by atoms with E-state index < -0.39 is 0 Å². The van der Waals surface area contributed by atoms with Crippen LogP contribution in [0, 0.1) is 0 Å². The molecule has 0 saturated heterocycles. The average Bonchev–Trinajstić information content (AvgIpc) is 2.39. The predicted molar refractivity (Wildman–Crippen MR) is 74.3 cm³/mol. The van der Waals surface area contributed by atoms with Crippen LogP contribution in [-0.4, -0.2) is 29.4 Å². The topological polar surface area (TPSA) is 66.4 Å². The molecule has 1 aromatic rings. The highest BCUT2D eigenvalue weighted by Crippen LogP contribution is 2.12. The second-order valence-corrected chi connectivity index (χ2v) is 4.87. The van der Waals surface area contributed by atoms with Crippen LogP contribution in [0.3, 0.4) is 0 Å². The first-order valence-corrected chi connectivity index (χ1v) is 6.59. The number of benzene rings is 1. The quantitative estimate of drug-likeness (QED) is 0.754. The maximum atomic E-state index is 11.8. The Labute approximate surface area is 117 Å². The average molecular weight is 284 g/mol. The molecule has 0 heterocycles. The SMILES string of the molecule is CC(CO)NC(=O)CCCC(=O)c1ccc(Cl)cc1. The summed E-state index contributed by atoms with van der Waals surface area (Å²) < 4.78 is 0. The van der Waals surface area contributed by atoms with Gasteiger partial charge in [0, 0.05) is 29.5 Å². The van der Waals surface area contributed by atoms with Crippen molar-refractivity contribution in [1.29, 1.82) is 0 Å². The summed E-state index contributed by atoms with van der Waals surface area (Å²) in [4.78, 5) is 23.2. The Hall–Kier alpha value is -1.39. The summed E-state index contributed by atoms with van der Waals surface area (Å²) in [5.41, 5.74) is 0.605. The molecule has 1 rings (SSSR count). The van der Waals surface area contributed by atoms with E-state index in [1.165, 1.54) is 0 Å². The van der Waals surface area contributed by atoms with Crippen molar-refractivity contribution in [3.05, 3.63) is 34.9 Å². The molecule has 1 amide bonds. The van der Waals surface area contributed by atoms with Crippen molar-refractivity contribution in [2.75, 3.05) is 6.61 Å². The minimum atomic E-state index is -0.250. The number of ketones is 1. The Kier molecular flexibility index (Phi) is 6.53. The number of nitrogens with one attached hydrogen (secondary N) is 1. The number of hydrogen-bond donors (Lipinski definition) is 2. The van der Waals surface area contributed by atoms with Crippen molar-refractivity contribution in [3.8, 4) is 0 Å². The normalized spacial score (nSPS) is 11.9. The second kappa shape index (κ2) is 7.92. The van der Waals surface area contributed by atoms with Gasteiger partial charge in [0.25, 0.3) is 0 Å². The van der Waals surface area contributed by atoms with E-state index in [2.05, 4.69) is 5.32 Å². The Bertz CT molecular complexity index is 431. The van der Waals surface area contributed by atoms with Gasteiger partial charge in [-0.15, -0.1) is 0 Å². The minimum Gasteiger partial charge on any atom is -0.394 e. The van der Waals surface area contributed by atoms with Gasteiger partial charge in [-0.1, -0.05) is 11.6 Å². The summed E-state index contributed by atoms with van der Waals surface area (Å²) in [6.45, 7) is 1.63. The highest BCUT2D eigenvalue weighted by Gasteiger charge is 2.09. The first kappa shape index (κ1) is 15.7. The second-order valence-electron chi connectivity index (χ2n) is 4.43. The van der Waals surface area contributed by atoms with Crippen LogP contribution in [0.5, 0.6) is 0 Å². The van der Waals surface area contributed by atoms with Gasteiger partial charge < -0.3 is 10.4 Å². The number of carbonyl (C=O) groups is 2. The summed E-state index contributed by atoms with van der Waals surface area (Å²) in [7, 11) is 0. The van der Waals surface area contributed by atoms with Gasteiger partial charge in [0.15, 0.2) is 5.78 Å².